The van der Waals surface area contributed by atoms with Gasteiger partial charge in [0.05, 0.1) is 18.1 Å². The third-order valence-electron chi connectivity index (χ3n) is 2.50. The van der Waals surface area contributed by atoms with E-state index in [-0.39, 0.29) is 16.1 Å². The highest BCUT2D eigenvalue weighted by atomic mass is 32.2. The molecule has 0 saturated heterocycles. The lowest BCUT2D eigenvalue weighted by Gasteiger charge is -2.08. The van der Waals surface area contributed by atoms with Crippen molar-refractivity contribution in [2.75, 3.05) is 31.7 Å². The van der Waals surface area contributed by atoms with Crippen LogP contribution in [0.4, 0.5) is 5.69 Å². The minimum atomic E-state index is -3.41. The fraction of sp³-hybridized carbons (Fsp3) is 0.357. The van der Waals surface area contributed by atoms with Crippen LogP contribution in [0.2, 0.25) is 0 Å². The van der Waals surface area contributed by atoms with E-state index < -0.39 is 15.7 Å². The maximum absolute atomic E-state index is 11.9. The maximum Gasteiger partial charge on any atom is 0.251 e. The predicted molar refractivity (Wildman–Crippen MR) is 81.9 cm³/mol. The zero-order chi connectivity index (χ0) is 16.0. The van der Waals surface area contributed by atoms with E-state index in [0.29, 0.717) is 19.8 Å². The number of hydrogen-bond donors (Lipinski definition) is 2. The van der Waals surface area contributed by atoms with Gasteiger partial charge in [0.1, 0.15) is 0 Å². The van der Waals surface area contributed by atoms with Gasteiger partial charge in [0.25, 0.3) is 5.91 Å². The maximum atomic E-state index is 11.9. The highest BCUT2D eigenvalue weighted by Crippen LogP contribution is 2.16. The van der Waals surface area contributed by atoms with Crippen molar-refractivity contribution in [3.05, 3.63) is 35.9 Å². The van der Waals surface area contributed by atoms with Crippen LogP contribution in [0.3, 0.4) is 0 Å². The van der Waals surface area contributed by atoms with Crippen LogP contribution in [0.25, 0.3) is 0 Å². The first kappa shape index (κ1) is 17.2. The van der Waals surface area contributed by atoms with Crippen molar-refractivity contribution in [3.8, 4) is 0 Å². The van der Waals surface area contributed by atoms with Crippen molar-refractivity contribution in [2.45, 2.75) is 11.8 Å². The molecule has 0 radical (unpaired) electrons. The monoisotopic (exact) mass is 312 g/mol. The van der Waals surface area contributed by atoms with E-state index in [4.69, 9.17) is 10.5 Å². The first-order valence-corrected chi connectivity index (χ1v) is 8.20. The van der Waals surface area contributed by atoms with Crippen LogP contribution in [0, 0.1) is 0 Å². The van der Waals surface area contributed by atoms with Crippen LogP contribution in [-0.4, -0.2) is 40.3 Å². The molecule has 0 aromatic heterocycles. The molecule has 0 aliphatic carbocycles. The Morgan fingerprint density at radius 3 is 2.62 bits per heavy atom. The average molecular weight is 312 g/mol. The summed E-state index contributed by atoms with van der Waals surface area (Å²) in [6, 6.07) is 4.05. The van der Waals surface area contributed by atoms with Crippen LogP contribution < -0.4 is 11.1 Å². The second-order valence-electron chi connectivity index (χ2n) is 4.83. The number of nitrogen functional groups attached to an aromatic ring is 1. The molecule has 0 spiro atoms. The Morgan fingerprint density at radius 1 is 1.38 bits per heavy atom. The minimum Gasteiger partial charge on any atom is -0.399 e. The SMILES string of the molecule is C=C(C)COCCNC(=O)c1cc(N)cc(S(C)(=O)=O)c1. The van der Waals surface area contributed by atoms with Gasteiger partial charge in [-0.1, -0.05) is 12.2 Å². The molecule has 1 aromatic carbocycles. The number of carbonyl (C=O) groups is 1. The Balaban J connectivity index is 2.66. The third kappa shape index (κ3) is 5.97. The highest BCUT2D eigenvalue weighted by Gasteiger charge is 2.13. The van der Waals surface area contributed by atoms with Crippen molar-refractivity contribution in [2.24, 2.45) is 0 Å². The number of nitrogens with one attached hydrogen (secondary N) is 1. The standard InChI is InChI=1S/C14H20N2O4S/c1-10(2)9-20-5-4-16-14(17)11-6-12(15)8-13(7-11)21(3,18)19/h6-8H,1,4-5,9,15H2,2-3H3,(H,16,17). The molecule has 3 N–H and O–H groups in total. The van der Waals surface area contributed by atoms with Gasteiger partial charge in [0.2, 0.25) is 0 Å². The highest BCUT2D eigenvalue weighted by molar-refractivity contribution is 7.90. The molecule has 1 rings (SSSR count). The molecule has 116 valence electrons. The second kappa shape index (κ2) is 7.24. The summed E-state index contributed by atoms with van der Waals surface area (Å²) in [7, 11) is -3.41. The minimum absolute atomic E-state index is 0.0196. The van der Waals surface area contributed by atoms with Gasteiger partial charge in [-0.15, -0.1) is 0 Å². The van der Waals surface area contributed by atoms with Gasteiger partial charge < -0.3 is 15.8 Å². The van der Waals surface area contributed by atoms with Crippen LogP contribution in [-0.2, 0) is 14.6 Å². The summed E-state index contributed by atoms with van der Waals surface area (Å²) in [5.41, 5.74) is 6.95. The molecule has 0 unspecified atom stereocenters. The van der Waals surface area contributed by atoms with E-state index in [0.717, 1.165) is 11.8 Å². The van der Waals surface area contributed by atoms with Crippen molar-refractivity contribution >= 4 is 21.4 Å². The average Bonchev–Trinajstić information content (AvgIpc) is 2.36. The van der Waals surface area contributed by atoms with E-state index in [1.54, 1.807) is 0 Å². The number of anilines is 1. The van der Waals surface area contributed by atoms with Gasteiger partial charge >= 0.3 is 0 Å². The Bertz CT molecular complexity index is 638. The van der Waals surface area contributed by atoms with E-state index in [1.165, 1.54) is 18.2 Å². The molecule has 0 fully saturated rings. The topological polar surface area (TPSA) is 98.5 Å². The van der Waals surface area contributed by atoms with E-state index in [2.05, 4.69) is 11.9 Å². The van der Waals surface area contributed by atoms with Gasteiger partial charge in [-0.25, -0.2) is 8.42 Å². The molecule has 7 heteroatoms. The normalized spacial score (nSPS) is 11.1. The van der Waals surface area contributed by atoms with Gasteiger partial charge in [-0.05, 0) is 25.1 Å². The van der Waals surface area contributed by atoms with Crippen LogP contribution in [0.5, 0.6) is 0 Å². The molecule has 0 aliphatic heterocycles. The number of benzene rings is 1. The second-order valence-corrected chi connectivity index (χ2v) is 6.84. The fourth-order valence-corrected chi connectivity index (χ4v) is 2.24. The number of nitrogens with two attached hydrogens (primary N) is 1. The molecule has 0 atom stereocenters. The molecule has 0 aliphatic rings. The summed E-state index contributed by atoms with van der Waals surface area (Å²) in [5, 5.41) is 2.63. The van der Waals surface area contributed by atoms with Gasteiger partial charge in [0, 0.05) is 24.1 Å². The van der Waals surface area contributed by atoms with Crippen molar-refractivity contribution < 1.29 is 17.9 Å². The Morgan fingerprint density at radius 2 is 2.05 bits per heavy atom. The number of sulfone groups is 1. The van der Waals surface area contributed by atoms with E-state index >= 15 is 0 Å². The Kier molecular flexibility index (Phi) is 5.92. The van der Waals surface area contributed by atoms with Crippen molar-refractivity contribution in [1.29, 1.82) is 0 Å². The largest absolute Gasteiger partial charge is 0.399 e. The number of hydrogen-bond acceptors (Lipinski definition) is 5. The van der Waals surface area contributed by atoms with Crippen LogP contribution in [0.1, 0.15) is 17.3 Å². The zero-order valence-corrected chi connectivity index (χ0v) is 13.0. The van der Waals surface area contributed by atoms with Crippen molar-refractivity contribution in [3.63, 3.8) is 0 Å². The van der Waals surface area contributed by atoms with E-state index in [9.17, 15) is 13.2 Å². The Labute approximate surface area is 124 Å². The lowest BCUT2D eigenvalue weighted by Crippen LogP contribution is -2.27. The number of amides is 1. The summed E-state index contributed by atoms with van der Waals surface area (Å²) in [5.74, 6) is -0.397. The molecule has 0 heterocycles. The van der Waals surface area contributed by atoms with Gasteiger partial charge in [0.15, 0.2) is 9.84 Å². The number of rotatable bonds is 7. The molecular weight excluding hydrogens is 292 g/mol. The fourth-order valence-electron chi connectivity index (χ4n) is 1.55. The molecule has 21 heavy (non-hydrogen) atoms. The Hall–Kier alpha value is -1.86. The molecule has 0 saturated carbocycles. The predicted octanol–water partition coefficient (Wildman–Crippen LogP) is 0.995. The molecule has 1 aromatic rings. The third-order valence-corrected chi connectivity index (χ3v) is 3.59. The van der Waals surface area contributed by atoms with Gasteiger partial charge in [-0.2, -0.15) is 0 Å². The smallest absolute Gasteiger partial charge is 0.251 e. The molecular formula is C14H20N2O4S. The first-order chi connectivity index (χ1) is 9.70. The number of carbonyl (C=O) groups excluding carboxylic acids is 1. The van der Waals surface area contributed by atoms with Crippen molar-refractivity contribution in [1.82, 2.24) is 5.32 Å². The lowest BCUT2D eigenvalue weighted by molar-refractivity contribution is 0.0926. The number of ether oxygens (including phenoxy) is 1. The van der Waals surface area contributed by atoms with Crippen LogP contribution in [0.15, 0.2) is 35.2 Å². The summed E-state index contributed by atoms with van der Waals surface area (Å²) < 4.78 is 28.3. The quantitative estimate of drug-likeness (QED) is 0.444. The first-order valence-electron chi connectivity index (χ1n) is 6.31. The molecule has 0 bridgehead atoms. The molecule has 1 amide bonds. The van der Waals surface area contributed by atoms with Crippen LogP contribution >= 0.6 is 0 Å². The summed E-state index contributed by atoms with van der Waals surface area (Å²) in [4.78, 5) is 12.0. The molecule has 6 nitrogen and oxygen atoms in total. The zero-order valence-electron chi connectivity index (χ0n) is 12.2. The summed E-state index contributed by atoms with van der Waals surface area (Å²) in [6.07, 6.45) is 1.06. The van der Waals surface area contributed by atoms with Gasteiger partial charge in [-0.3, -0.25) is 4.79 Å². The van der Waals surface area contributed by atoms with E-state index in [1.807, 2.05) is 6.92 Å². The summed E-state index contributed by atoms with van der Waals surface area (Å²) >= 11 is 0. The lowest BCUT2D eigenvalue weighted by atomic mass is 10.2. The summed E-state index contributed by atoms with van der Waals surface area (Å²) in [6.45, 7) is 6.64.